The summed E-state index contributed by atoms with van der Waals surface area (Å²) in [6, 6.07) is 0. The van der Waals surface area contributed by atoms with Crippen LogP contribution < -0.4 is 0 Å². The largest absolute Gasteiger partial charge is 0.532 e. The zero-order valence-corrected chi connectivity index (χ0v) is 15.0. The van der Waals surface area contributed by atoms with Crippen molar-refractivity contribution in [3.05, 3.63) is 23.4 Å². The molecule has 4 heteroatoms. The molecule has 0 saturated carbocycles. The summed E-state index contributed by atoms with van der Waals surface area (Å²) in [7, 11) is -2.70. The van der Waals surface area contributed by atoms with Gasteiger partial charge in [0.05, 0.1) is 0 Å². The zero-order chi connectivity index (χ0) is 15.4. The average molecular weight is 313 g/mol. The SMILES string of the molecule is CCCO[Si](OCCC)(OCCC)C1=CC=CCCCC1. The smallest absolute Gasteiger partial charge is 0.370 e. The fraction of sp³-hybridized carbons (Fsp3) is 0.765. The molecular weight excluding hydrogens is 280 g/mol. The summed E-state index contributed by atoms with van der Waals surface area (Å²) in [4.78, 5) is 0. The van der Waals surface area contributed by atoms with E-state index in [1.807, 2.05) is 0 Å². The Morgan fingerprint density at radius 2 is 1.48 bits per heavy atom. The maximum absolute atomic E-state index is 6.21. The van der Waals surface area contributed by atoms with E-state index in [0.717, 1.165) is 25.7 Å². The Labute approximate surface area is 131 Å². The Bertz CT molecular complexity index is 304. The molecule has 3 nitrogen and oxygen atoms in total. The first kappa shape index (κ1) is 18.6. The van der Waals surface area contributed by atoms with E-state index < -0.39 is 8.80 Å². The molecular formula is C17H32O3Si. The van der Waals surface area contributed by atoms with Gasteiger partial charge in [-0.3, -0.25) is 0 Å². The van der Waals surface area contributed by atoms with E-state index in [1.165, 1.54) is 24.5 Å². The van der Waals surface area contributed by atoms with Crippen molar-refractivity contribution in [3.63, 3.8) is 0 Å². The Kier molecular flexibility index (Phi) is 9.92. The third kappa shape index (κ3) is 6.47. The van der Waals surface area contributed by atoms with Crippen LogP contribution in [0.5, 0.6) is 0 Å². The lowest BCUT2D eigenvalue weighted by atomic mass is 10.1. The lowest BCUT2D eigenvalue weighted by molar-refractivity contribution is 0.0672. The summed E-state index contributed by atoms with van der Waals surface area (Å²) in [5, 5.41) is 1.26. The molecule has 0 bridgehead atoms. The second-order valence-corrected chi connectivity index (χ2v) is 8.09. The first-order valence-corrected chi connectivity index (χ1v) is 10.3. The first-order valence-electron chi connectivity index (χ1n) is 8.57. The average Bonchev–Trinajstić information content (AvgIpc) is 2.47. The molecule has 0 spiro atoms. The molecule has 0 radical (unpaired) electrons. The van der Waals surface area contributed by atoms with E-state index in [9.17, 15) is 0 Å². The van der Waals surface area contributed by atoms with Gasteiger partial charge >= 0.3 is 8.80 Å². The Hall–Kier alpha value is -0.423. The molecule has 0 aromatic heterocycles. The van der Waals surface area contributed by atoms with Crippen molar-refractivity contribution in [2.45, 2.75) is 65.7 Å². The lowest BCUT2D eigenvalue weighted by Crippen LogP contribution is -2.49. The first-order chi connectivity index (χ1) is 10.3. The van der Waals surface area contributed by atoms with E-state index in [2.05, 4.69) is 39.0 Å². The molecule has 0 amide bonds. The normalized spacial score (nSPS) is 16.4. The molecule has 0 aliphatic heterocycles. The summed E-state index contributed by atoms with van der Waals surface area (Å²) in [6.45, 7) is 8.52. The monoisotopic (exact) mass is 312 g/mol. The minimum atomic E-state index is -2.70. The van der Waals surface area contributed by atoms with Crippen molar-refractivity contribution in [2.75, 3.05) is 19.8 Å². The second-order valence-electron chi connectivity index (χ2n) is 5.47. The number of allylic oxidation sites excluding steroid dienone is 4. The maximum atomic E-state index is 6.21. The lowest BCUT2D eigenvalue weighted by Gasteiger charge is -2.32. The van der Waals surface area contributed by atoms with Crippen LogP contribution in [0, 0.1) is 0 Å². The van der Waals surface area contributed by atoms with Gasteiger partial charge in [-0.1, -0.05) is 39.0 Å². The third-order valence-electron chi connectivity index (χ3n) is 3.38. The van der Waals surface area contributed by atoms with Gasteiger partial charge in [0.25, 0.3) is 0 Å². The quantitative estimate of drug-likeness (QED) is 0.542. The van der Waals surface area contributed by atoms with Gasteiger partial charge < -0.3 is 13.3 Å². The minimum absolute atomic E-state index is 0.709. The predicted octanol–water partition coefficient (Wildman–Crippen LogP) is 4.80. The number of rotatable bonds is 10. The molecule has 0 N–H and O–H groups in total. The van der Waals surface area contributed by atoms with Gasteiger partial charge in [0.2, 0.25) is 0 Å². The molecule has 1 rings (SSSR count). The van der Waals surface area contributed by atoms with Crippen molar-refractivity contribution >= 4 is 8.80 Å². The minimum Gasteiger partial charge on any atom is -0.370 e. The molecule has 21 heavy (non-hydrogen) atoms. The van der Waals surface area contributed by atoms with Crippen LogP contribution in [0.2, 0.25) is 0 Å². The fourth-order valence-electron chi connectivity index (χ4n) is 2.31. The third-order valence-corrected chi connectivity index (χ3v) is 6.34. The van der Waals surface area contributed by atoms with E-state index in [0.29, 0.717) is 19.8 Å². The maximum Gasteiger partial charge on any atom is 0.532 e. The van der Waals surface area contributed by atoms with E-state index in [4.69, 9.17) is 13.3 Å². The van der Waals surface area contributed by atoms with Gasteiger partial charge in [-0.25, -0.2) is 0 Å². The molecule has 0 atom stereocenters. The van der Waals surface area contributed by atoms with Gasteiger partial charge in [-0.05, 0) is 44.9 Å². The Morgan fingerprint density at radius 3 is 2.00 bits per heavy atom. The highest BCUT2D eigenvalue weighted by molar-refractivity contribution is 6.68. The highest BCUT2D eigenvalue weighted by Gasteiger charge is 2.45. The standard InChI is InChI=1S/C17H32O3Si/c1-4-14-18-21(19-15-5-2,20-16-6-3)17-12-10-8-7-9-11-13-17/h8,10,12H,4-7,9,11,13-16H2,1-3H3. The second kappa shape index (κ2) is 11.2. The van der Waals surface area contributed by atoms with Crippen LogP contribution in [0.3, 0.4) is 0 Å². The van der Waals surface area contributed by atoms with Crippen LogP contribution in [0.1, 0.15) is 65.7 Å². The summed E-state index contributed by atoms with van der Waals surface area (Å²) < 4.78 is 18.6. The molecule has 0 heterocycles. The highest BCUT2D eigenvalue weighted by Crippen LogP contribution is 2.27. The Morgan fingerprint density at radius 1 is 0.905 bits per heavy atom. The molecule has 0 aromatic carbocycles. The van der Waals surface area contributed by atoms with Gasteiger partial charge in [0.15, 0.2) is 0 Å². The topological polar surface area (TPSA) is 27.7 Å². The molecule has 0 fully saturated rings. The van der Waals surface area contributed by atoms with Gasteiger partial charge in [-0.15, -0.1) is 0 Å². The van der Waals surface area contributed by atoms with E-state index >= 15 is 0 Å². The van der Waals surface area contributed by atoms with Gasteiger partial charge in [0.1, 0.15) is 0 Å². The van der Waals surface area contributed by atoms with Crippen LogP contribution in [0.15, 0.2) is 23.4 Å². The number of hydrogen-bond acceptors (Lipinski definition) is 3. The van der Waals surface area contributed by atoms with E-state index in [1.54, 1.807) is 0 Å². The van der Waals surface area contributed by atoms with Gasteiger partial charge in [-0.2, -0.15) is 0 Å². The summed E-state index contributed by atoms with van der Waals surface area (Å²) in [5.74, 6) is 0. The Balaban J connectivity index is 2.96. The molecule has 0 saturated heterocycles. The van der Waals surface area contributed by atoms with Crippen molar-refractivity contribution in [2.24, 2.45) is 0 Å². The zero-order valence-electron chi connectivity index (χ0n) is 14.0. The fourth-order valence-corrected chi connectivity index (χ4v) is 5.32. The summed E-state index contributed by atoms with van der Waals surface area (Å²) >= 11 is 0. The predicted molar refractivity (Wildman–Crippen MR) is 90.2 cm³/mol. The molecule has 0 unspecified atom stereocenters. The summed E-state index contributed by atoms with van der Waals surface area (Å²) in [5.41, 5.74) is 0. The molecule has 0 aromatic rings. The van der Waals surface area contributed by atoms with Crippen LogP contribution >= 0.6 is 0 Å². The summed E-state index contributed by atoms with van der Waals surface area (Å²) in [6.07, 6.45) is 14.2. The van der Waals surface area contributed by atoms with Crippen molar-refractivity contribution in [3.8, 4) is 0 Å². The molecule has 1 aliphatic carbocycles. The highest BCUT2D eigenvalue weighted by atomic mass is 28.4. The van der Waals surface area contributed by atoms with Crippen molar-refractivity contribution in [1.82, 2.24) is 0 Å². The van der Waals surface area contributed by atoms with Crippen molar-refractivity contribution < 1.29 is 13.3 Å². The van der Waals surface area contributed by atoms with Crippen LogP contribution in [0.25, 0.3) is 0 Å². The van der Waals surface area contributed by atoms with Crippen LogP contribution in [-0.4, -0.2) is 28.6 Å². The van der Waals surface area contributed by atoms with Crippen LogP contribution in [-0.2, 0) is 13.3 Å². The van der Waals surface area contributed by atoms with E-state index in [-0.39, 0.29) is 0 Å². The van der Waals surface area contributed by atoms with Gasteiger partial charge in [0, 0.05) is 25.0 Å². The molecule has 122 valence electrons. The van der Waals surface area contributed by atoms with Crippen molar-refractivity contribution in [1.29, 1.82) is 0 Å². The van der Waals surface area contributed by atoms with Crippen LogP contribution in [0.4, 0.5) is 0 Å². The molecule has 1 aliphatic rings. The number of hydrogen-bond donors (Lipinski definition) is 0.